The summed E-state index contributed by atoms with van der Waals surface area (Å²) in [4.78, 5) is 15.2. The second kappa shape index (κ2) is 12.3. The molecule has 0 spiro atoms. The lowest BCUT2D eigenvalue weighted by molar-refractivity contribution is 0.0690. The van der Waals surface area contributed by atoms with Crippen molar-refractivity contribution >= 4 is 16.8 Å². The van der Waals surface area contributed by atoms with E-state index < -0.39 is 6.10 Å². The maximum atomic E-state index is 13.2. The summed E-state index contributed by atoms with van der Waals surface area (Å²) in [5, 5.41) is 14.9. The number of hydrogen-bond acceptors (Lipinski definition) is 4. The first-order valence-electron chi connectivity index (χ1n) is 13.5. The Labute approximate surface area is 224 Å². The summed E-state index contributed by atoms with van der Waals surface area (Å²) in [6.07, 6.45) is 4.64. The van der Waals surface area contributed by atoms with Crippen molar-refractivity contribution in [1.29, 1.82) is 0 Å². The molecule has 6 nitrogen and oxygen atoms in total. The van der Waals surface area contributed by atoms with E-state index in [0.29, 0.717) is 25.6 Å². The maximum Gasteiger partial charge on any atom is 0.253 e. The van der Waals surface area contributed by atoms with Gasteiger partial charge in [-0.2, -0.15) is 0 Å². The van der Waals surface area contributed by atoms with Gasteiger partial charge in [0.2, 0.25) is 0 Å². The van der Waals surface area contributed by atoms with Crippen molar-refractivity contribution in [3.05, 3.63) is 102 Å². The minimum atomic E-state index is -0.526. The predicted octanol–water partition coefficient (Wildman–Crippen LogP) is 4.90. The molecule has 0 aliphatic carbocycles. The highest BCUT2D eigenvalue weighted by molar-refractivity contribution is 5.98. The molecule has 1 unspecified atom stereocenters. The number of benzene rings is 3. The van der Waals surface area contributed by atoms with Gasteiger partial charge in [-0.25, -0.2) is 0 Å². The highest BCUT2D eigenvalue weighted by Crippen LogP contribution is 2.24. The van der Waals surface area contributed by atoms with Crippen molar-refractivity contribution in [3.63, 3.8) is 0 Å². The average molecular weight is 512 g/mol. The monoisotopic (exact) mass is 511 g/mol. The van der Waals surface area contributed by atoms with Crippen LogP contribution >= 0.6 is 0 Å². The van der Waals surface area contributed by atoms with E-state index in [0.717, 1.165) is 60.1 Å². The van der Waals surface area contributed by atoms with Crippen molar-refractivity contribution in [2.75, 3.05) is 26.7 Å². The number of ether oxygens (including phenoxy) is 1. The summed E-state index contributed by atoms with van der Waals surface area (Å²) in [7, 11) is 1.66. The fourth-order valence-electron chi connectivity index (χ4n) is 5.38. The zero-order valence-electron chi connectivity index (χ0n) is 22.1. The zero-order chi connectivity index (χ0) is 26.3. The Morgan fingerprint density at radius 1 is 1.00 bits per heavy atom. The van der Waals surface area contributed by atoms with Gasteiger partial charge in [0.25, 0.3) is 5.91 Å². The molecular formula is C32H37N3O3. The van der Waals surface area contributed by atoms with Gasteiger partial charge in [-0.3, -0.25) is 4.79 Å². The number of aromatic nitrogens is 1. The van der Waals surface area contributed by atoms with E-state index in [-0.39, 0.29) is 5.91 Å². The summed E-state index contributed by atoms with van der Waals surface area (Å²) in [6.45, 7) is 3.28. The number of carbonyl (C=O) groups is 1. The molecule has 1 aliphatic rings. The zero-order valence-corrected chi connectivity index (χ0v) is 22.1. The number of rotatable bonds is 10. The Hall–Kier alpha value is -3.61. The first kappa shape index (κ1) is 26.0. The summed E-state index contributed by atoms with van der Waals surface area (Å²) in [5.41, 5.74) is 4.28. The quantitative estimate of drug-likeness (QED) is 0.318. The number of aliphatic hydroxyl groups excluding tert-OH is 1. The average Bonchev–Trinajstić information content (AvgIpc) is 3.35. The Morgan fingerprint density at radius 3 is 2.50 bits per heavy atom. The second-order valence-electron chi connectivity index (χ2n) is 10.3. The highest BCUT2D eigenvalue weighted by Gasteiger charge is 2.24. The van der Waals surface area contributed by atoms with Crippen molar-refractivity contribution < 1.29 is 14.6 Å². The number of methoxy groups -OCH3 is 1. The van der Waals surface area contributed by atoms with Gasteiger partial charge in [-0.1, -0.05) is 42.5 Å². The van der Waals surface area contributed by atoms with Crippen LogP contribution in [-0.4, -0.2) is 53.3 Å². The van der Waals surface area contributed by atoms with E-state index in [9.17, 15) is 9.90 Å². The minimum Gasteiger partial charge on any atom is -0.497 e. The molecule has 0 radical (unpaired) electrons. The number of nitrogens with one attached hydrogen (secondary N) is 1. The van der Waals surface area contributed by atoms with E-state index in [4.69, 9.17) is 4.74 Å². The van der Waals surface area contributed by atoms with E-state index in [2.05, 4.69) is 40.2 Å². The number of aliphatic hydroxyl groups is 1. The fraction of sp³-hybridized carbons (Fsp3) is 0.344. The van der Waals surface area contributed by atoms with Crippen LogP contribution in [0.25, 0.3) is 10.9 Å². The van der Waals surface area contributed by atoms with Crippen molar-refractivity contribution in [1.82, 2.24) is 14.8 Å². The smallest absolute Gasteiger partial charge is 0.253 e. The third-order valence-corrected chi connectivity index (χ3v) is 7.56. The summed E-state index contributed by atoms with van der Waals surface area (Å²) < 4.78 is 7.25. The summed E-state index contributed by atoms with van der Waals surface area (Å²) in [6, 6.07) is 26.5. The number of piperidine rings is 1. The van der Waals surface area contributed by atoms with Crippen molar-refractivity contribution in [2.45, 2.75) is 38.5 Å². The SMILES string of the molecule is COc1ccc(CNCC(O)Cn2ccc3cc(C(=O)N4CCC(Cc5ccccc5)CC4)ccc32)cc1. The van der Waals surface area contributed by atoms with E-state index in [1.807, 2.05) is 59.6 Å². The molecule has 2 heterocycles. The van der Waals surface area contributed by atoms with Crippen LogP contribution < -0.4 is 10.1 Å². The predicted molar refractivity (Wildman–Crippen MR) is 151 cm³/mol. The Kier molecular flexibility index (Phi) is 8.41. The number of nitrogens with zero attached hydrogens (tertiary/aromatic N) is 2. The Morgan fingerprint density at radius 2 is 1.76 bits per heavy atom. The lowest BCUT2D eigenvalue weighted by Crippen LogP contribution is -2.38. The number of hydrogen-bond donors (Lipinski definition) is 2. The molecule has 1 aliphatic heterocycles. The first-order chi connectivity index (χ1) is 18.6. The first-order valence-corrected chi connectivity index (χ1v) is 13.5. The standard InChI is InChI=1S/C32H37N3O3/c1-38-30-10-7-26(8-11-30)21-33-22-29(36)23-35-18-15-27-20-28(9-12-31(27)35)32(37)34-16-13-25(14-17-34)19-24-5-3-2-4-6-24/h2-12,15,18,20,25,29,33,36H,13-14,16-17,19,21-23H2,1H3. The molecule has 2 N–H and O–H groups in total. The largest absolute Gasteiger partial charge is 0.497 e. The molecule has 198 valence electrons. The maximum absolute atomic E-state index is 13.2. The molecule has 0 saturated carbocycles. The van der Waals surface area contributed by atoms with Crippen LogP contribution in [0.15, 0.2) is 85.1 Å². The number of likely N-dealkylation sites (tertiary alicyclic amines) is 1. The normalized spacial score (nSPS) is 15.1. The number of fused-ring (bicyclic) bond motifs is 1. The highest BCUT2D eigenvalue weighted by atomic mass is 16.5. The van der Waals surface area contributed by atoms with E-state index in [1.54, 1.807) is 7.11 Å². The van der Waals surface area contributed by atoms with Crippen LogP contribution in [0.2, 0.25) is 0 Å². The molecule has 6 heteroatoms. The lowest BCUT2D eigenvalue weighted by atomic mass is 9.90. The second-order valence-corrected chi connectivity index (χ2v) is 10.3. The van der Waals surface area contributed by atoms with Crippen LogP contribution in [0, 0.1) is 5.92 Å². The molecular weight excluding hydrogens is 474 g/mol. The van der Waals surface area contributed by atoms with Gasteiger partial charge in [-0.05, 0) is 72.7 Å². The summed E-state index contributed by atoms with van der Waals surface area (Å²) in [5.74, 6) is 1.58. The molecule has 5 rings (SSSR count). The van der Waals surface area contributed by atoms with Crippen LogP contribution in [0.5, 0.6) is 5.75 Å². The van der Waals surface area contributed by atoms with Crippen LogP contribution in [0.4, 0.5) is 0 Å². The van der Waals surface area contributed by atoms with Crippen LogP contribution in [-0.2, 0) is 19.5 Å². The van der Waals surface area contributed by atoms with Crippen molar-refractivity contribution in [2.24, 2.45) is 5.92 Å². The van der Waals surface area contributed by atoms with E-state index >= 15 is 0 Å². The van der Waals surface area contributed by atoms with Gasteiger partial charge in [0.1, 0.15) is 5.75 Å². The number of carbonyl (C=O) groups excluding carboxylic acids is 1. The molecule has 38 heavy (non-hydrogen) atoms. The molecule has 3 aromatic carbocycles. The van der Waals surface area contributed by atoms with Gasteiger partial charge in [-0.15, -0.1) is 0 Å². The van der Waals surface area contributed by atoms with Gasteiger partial charge in [0.15, 0.2) is 0 Å². The Balaban J connectivity index is 1.12. The topological polar surface area (TPSA) is 66.7 Å². The van der Waals surface area contributed by atoms with Gasteiger partial charge in [0.05, 0.1) is 13.2 Å². The van der Waals surface area contributed by atoms with Crippen LogP contribution in [0.1, 0.15) is 34.3 Å². The molecule has 0 bridgehead atoms. The molecule has 1 fully saturated rings. The fourth-order valence-corrected chi connectivity index (χ4v) is 5.38. The molecule has 1 saturated heterocycles. The molecule has 1 aromatic heterocycles. The summed E-state index contributed by atoms with van der Waals surface area (Å²) >= 11 is 0. The Bertz CT molecular complexity index is 1330. The molecule has 1 atom stereocenters. The van der Waals surface area contributed by atoms with E-state index in [1.165, 1.54) is 5.56 Å². The molecule has 1 amide bonds. The third-order valence-electron chi connectivity index (χ3n) is 7.56. The molecule has 4 aromatic rings. The van der Waals surface area contributed by atoms with Gasteiger partial charge >= 0.3 is 0 Å². The minimum absolute atomic E-state index is 0.112. The van der Waals surface area contributed by atoms with Crippen molar-refractivity contribution in [3.8, 4) is 5.75 Å². The van der Waals surface area contributed by atoms with Gasteiger partial charge < -0.3 is 24.6 Å². The third kappa shape index (κ3) is 6.44. The van der Waals surface area contributed by atoms with Gasteiger partial charge in [0, 0.05) is 55.4 Å². The number of amides is 1. The van der Waals surface area contributed by atoms with Crippen LogP contribution in [0.3, 0.4) is 0 Å². The lowest BCUT2D eigenvalue weighted by Gasteiger charge is -2.32.